The number of rotatable bonds is 9. The maximum atomic E-state index is 13.4. The molecule has 0 N–H and O–H groups in total. The maximum Gasteiger partial charge on any atom is 0.251 e. The Labute approximate surface area is 219 Å². The highest BCUT2D eigenvalue weighted by molar-refractivity contribution is 6.22. The van der Waals surface area contributed by atoms with Crippen molar-refractivity contribution in [3.63, 3.8) is 0 Å². The van der Waals surface area contributed by atoms with E-state index in [0.717, 1.165) is 44.8 Å². The van der Waals surface area contributed by atoms with Crippen LogP contribution >= 0.6 is 0 Å². The third-order valence-electron chi connectivity index (χ3n) is 7.37. The van der Waals surface area contributed by atoms with Crippen LogP contribution < -0.4 is 9.64 Å². The summed E-state index contributed by atoms with van der Waals surface area (Å²) in [7, 11) is 0. The van der Waals surface area contributed by atoms with Gasteiger partial charge in [-0.25, -0.2) is 4.90 Å². The van der Waals surface area contributed by atoms with E-state index in [0.29, 0.717) is 12.3 Å². The minimum atomic E-state index is -0.401. The van der Waals surface area contributed by atoms with Crippen molar-refractivity contribution in [2.75, 3.05) is 37.7 Å². The lowest BCUT2D eigenvalue weighted by Crippen LogP contribution is -2.53. The Kier molecular flexibility index (Phi) is 7.97. The molecule has 0 radical (unpaired) electrons. The molecule has 3 aromatic carbocycles. The summed E-state index contributed by atoms with van der Waals surface area (Å²) < 4.78 is 5.73. The van der Waals surface area contributed by atoms with Gasteiger partial charge in [-0.3, -0.25) is 19.4 Å². The van der Waals surface area contributed by atoms with E-state index in [1.165, 1.54) is 16.0 Å². The summed E-state index contributed by atoms with van der Waals surface area (Å²) in [6, 6.07) is 28.2. The van der Waals surface area contributed by atoms with Gasteiger partial charge in [-0.2, -0.15) is 0 Å². The predicted molar refractivity (Wildman–Crippen MR) is 146 cm³/mol. The van der Waals surface area contributed by atoms with Crippen molar-refractivity contribution in [2.24, 2.45) is 0 Å². The summed E-state index contributed by atoms with van der Waals surface area (Å²) in [4.78, 5) is 32.3. The van der Waals surface area contributed by atoms with Gasteiger partial charge >= 0.3 is 0 Å². The first kappa shape index (κ1) is 25.2. The SMILES string of the molecule is CCCCOc1ccc(N2C(=O)C[C@@H](N3CCN(C(c4ccccc4)c4ccccc4)CC3)C2=O)cc1. The van der Waals surface area contributed by atoms with Gasteiger partial charge in [0.25, 0.3) is 5.91 Å². The van der Waals surface area contributed by atoms with Gasteiger partial charge in [0.05, 0.1) is 30.8 Å². The first-order valence-corrected chi connectivity index (χ1v) is 13.3. The Morgan fingerprint density at radius 2 is 1.41 bits per heavy atom. The molecule has 2 amide bonds. The van der Waals surface area contributed by atoms with Gasteiger partial charge < -0.3 is 4.74 Å². The van der Waals surface area contributed by atoms with Crippen LogP contribution in [0.4, 0.5) is 5.69 Å². The van der Waals surface area contributed by atoms with Crippen molar-refractivity contribution >= 4 is 17.5 Å². The summed E-state index contributed by atoms with van der Waals surface area (Å²) in [5.41, 5.74) is 3.15. The van der Waals surface area contributed by atoms with Crippen molar-refractivity contribution in [2.45, 2.75) is 38.3 Å². The van der Waals surface area contributed by atoms with Crippen molar-refractivity contribution in [1.29, 1.82) is 0 Å². The highest BCUT2D eigenvalue weighted by Crippen LogP contribution is 2.32. The molecule has 2 aliphatic heterocycles. The number of hydrogen-bond donors (Lipinski definition) is 0. The number of carbonyl (C=O) groups excluding carboxylic acids is 2. The number of anilines is 1. The van der Waals surface area contributed by atoms with Gasteiger partial charge in [-0.15, -0.1) is 0 Å². The quantitative estimate of drug-likeness (QED) is 0.311. The topological polar surface area (TPSA) is 53.1 Å². The monoisotopic (exact) mass is 497 g/mol. The summed E-state index contributed by atoms with van der Waals surface area (Å²) in [6.45, 7) is 5.95. The van der Waals surface area contributed by atoms with Crippen LogP contribution in [0.3, 0.4) is 0 Å². The number of carbonyl (C=O) groups is 2. The minimum Gasteiger partial charge on any atom is -0.494 e. The molecule has 6 nitrogen and oxygen atoms in total. The highest BCUT2D eigenvalue weighted by Gasteiger charge is 2.43. The number of benzene rings is 3. The maximum absolute atomic E-state index is 13.4. The number of ether oxygens (including phenoxy) is 1. The molecule has 6 heteroatoms. The second-order valence-corrected chi connectivity index (χ2v) is 9.78. The summed E-state index contributed by atoms with van der Waals surface area (Å²) >= 11 is 0. The predicted octanol–water partition coefficient (Wildman–Crippen LogP) is 4.90. The molecule has 0 aromatic heterocycles. The molecule has 0 spiro atoms. The fourth-order valence-corrected chi connectivity index (χ4v) is 5.39. The molecular formula is C31H35N3O3. The van der Waals surface area contributed by atoms with Crippen LogP contribution in [0.5, 0.6) is 5.75 Å². The molecule has 0 bridgehead atoms. The van der Waals surface area contributed by atoms with E-state index in [1.807, 2.05) is 36.4 Å². The van der Waals surface area contributed by atoms with Gasteiger partial charge in [0, 0.05) is 26.2 Å². The van der Waals surface area contributed by atoms with Crippen LogP contribution in [0.2, 0.25) is 0 Å². The first-order valence-electron chi connectivity index (χ1n) is 13.3. The van der Waals surface area contributed by atoms with Crippen molar-refractivity contribution in [1.82, 2.24) is 9.80 Å². The third kappa shape index (κ3) is 5.60. The Bertz CT molecular complexity index is 1140. The van der Waals surface area contributed by atoms with Crippen molar-refractivity contribution in [3.8, 4) is 5.75 Å². The van der Waals surface area contributed by atoms with Gasteiger partial charge in [-0.05, 0) is 41.8 Å². The average Bonchev–Trinajstić information content (AvgIpc) is 3.24. The Morgan fingerprint density at radius 3 is 1.97 bits per heavy atom. The number of nitrogens with zero attached hydrogens (tertiary/aromatic N) is 3. The zero-order chi connectivity index (χ0) is 25.6. The lowest BCUT2D eigenvalue weighted by Gasteiger charge is -2.41. The lowest BCUT2D eigenvalue weighted by atomic mass is 9.96. The number of hydrogen-bond acceptors (Lipinski definition) is 5. The van der Waals surface area contributed by atoms with E-state index in [2.05, 4.69) is 65.3 Å². The molecule has 2 aliphatic rings. The summed E-state index contributed by atoms with van der Waals surface area (Å²) in [6.07, 6.45) is 2.30. The lowest BCUT2D eigenvalue weighted by molar-refractivity contribution is -0.123. The zero-order valence-corrected chi connectivity index (χ0v) is 21.5. The Hall–Kier alpha value is -3.48. The van der Waals surface area contributed by atoms with Gasteiger partial charge in [-0.1, -0.05) is 74.0 Å². The van der Waals surface area contributed by atoms with E-state index in [-0.39, 0.29) is 24.3 Å². The van der Waals surface area contributed by atoms with E-state index < -0.39 is 6.04 Å². The van der Waals surface area contributed by atoms with E-state index in [1.54, 1.807) is 0 Å². The van der Waals surface area contributed by atoms with Crippen LogP contribution in [-0.2, 0) is 9.59 Å². The number of unbranched alkanes of at least 4 members (excludes halogenated alkanes) is 1. The molecule has 0 unspecified atom stereocenters. The normalized spacial score (nSPS) is 19.1. The molecule has 5 rings (SSSR count). The molecule has 3 aromatic rings. The molecule has 192 valence electrons. The van der Waals surface area contributed by atoms with Crippen LogP contribution in [0, 0.1) is 0 Å². The molecule has 0 aliphatic carbocycles. The zero-order valence-electron chi connectivity index (χ0n) is 21.5. The number of imide groups is 1. The summed E-state index contributed by atoms with van der Waals surface area (Å²) in [5, 5.41) is 0. The van der Waals surface area contributed by atoms with E-state index in [9.17, 15) is 9.59 Å². The molecule has 2 saturated heterocycles. The van der Waals surface area contributed by atoms with Crippen molar-refractivity contribution in [3.05, 3.63) is 96.1 Å². The molecule has 2 fully saturated rings. The van der Waals surface area contributed by atoms with Gasteiger partial charge in [0.2, 0.25) is 5.91 Å². The second-order valence-electron chi connectivity index (χ2n) is 9.78. The molecule has 1 atom stereocenters. The van der Waals surface area contributed by atoms with Gasteiger partial charge in [0.15, 0.2) is 0 Å². The number of amides is 2. The summed E-state index contributed by atoms with van der Waals surface area (Å²) in [5.74, 6) is 0.500. The molecular weight excluding hydrogens is 462 g/mol. The fraction of sp³-hybridized carbons (Fsp3) is 0.355. The molecule has 2 heterocycles. The van der Waals surface area contributed by atoms with Gasteiger partial charge in [0.1, 0.15) is 5.75 Å². The van der Waals surface area contributed by atoms with Crippen LogP contribution in [0.25, 0.3) is 0 Å². The van der Waals surface area contributed by atoms with Crippen molar-refractivity contribution < 1.29 is 14.3 Å². The highest BCUT2D eigenvalue weighted by atomic mass is 16.5. The smallest absolute Gasteiger partial charge is 0.251 e. The third-order valence-corrected chi connectivity index (χ3v) is 7.37. The second kappa shape index (κ2) is 11.7. The molecule has 37 heavy (non-hydrogen) atoms. The average molecular weight is 498 g/mol. The minimum absolute atomic E-state index is 0.124. The van der Waals surface area contributed by atoms with Crippen LogP contribution in [0.1, 0.15) is 43.4 Å². The first-order chi connectivity index (χ1) is 18.2. The van der Waals surface area contributed by atoms with E-state index >= 15 is 0 Å². The number of piperazine rings is 1. The standard InChI is InChI=1S/C31H35N3O3/c1-2-3-22-37-27-16-14-26(15-17-27)34-29(35)23-28(31(34)36)32-18-20-33(21-19-32)30(24-10-6-4-7-11-24)25-12-8-5-9-13-25/h4-17,28,30H,2-3,18-23H2,1H3/t28-/m1/s1. The fourth-order valence-electron chi connectivity index (χ4n) is 5.39. The van der Waals surface area contributed by atoms with Crippen LogP contribution in [0.15, 0.2) is 84.9 Å². The largest absolute Gasteiger partial charge is 0.494 e. The van der Waals surface area contributed by atoms with Crippen LogP contribution in [-0.4, -0.2) is 60.4 Å². The van der Waals surface area contributed by atoms with E-state index in [4.69, 9.17) is 4.74 Å². The Balaban J connectivity index is 1.24. The Morgan fingerprint density at radius 1 is 0.811 bits per heavy atom. The molecule has 0 saturated carbocycles.